The van der Waals surface area contributed by atoms with E-state index in [1.165, 1.54) is 24.6 Å². The van der Waals surface area contributed by atoms with Crippen molar-refractivity contribution in [2.45, 2.75) is 38.3 Å². The van der Waals surface area contributed by atoms with E-state index in [-0.39, 0.29) is 5.54 Å². The summed E-state index contributed by atoms with van der Waals surface area (Å²) < 4.78 is 0. The van der Waals surface area contributed by atoms with Crippen LogP contribution in [0.15, 0.2) is 52.2 Å². The lowest BCUT2D eigenvalue weighted by Gasteiger charge is -2.35. The van der Waals surface area contributed by atoms with Crippen molar-refractivity contribution in [1.82, 2.24) is 25.1 Å². The normalized spacial score (nSPS) is 21.3. The zero-order valence-electron chi connectivity index (χ0n) is 17.6. The molecule has 8 heteroatoms. The van der Waals surface area contributed by atoms with E-state index < -0.39 is 11.2 Å². The van der Waals surface area contributed by atoms with Crippen LogP contribution in [0, 0.1) is 6.92 Å². The highest BCUT2D eigenvalue weighted by Gasteiger charge is 2.46. The van der Waals surface area contributed by atoms with Gasteiger partial charge in [0.2, 0.25) is 0 Å². The molecular formula is C23H26N6O2. The van der Waals surface area contributed by atoms with Crippen molar-refractivity contribution in [2.75, 3.05) is 24.5 Å². The number of benzene rings is 1. The molecule has 1 aromatic carbocycles. The van der Waals surface area contributed by atoms with Crippen LogP contribution in [0.4, 0.5) is 5.69 Å². The zero-order valence-corrected chi connectivity index (χ0v) is 17.6. The molecule has 1 atom stereocenters. The Morgan fingerprint density at radius 2 is 1.94 bits per heavy atom. The summed E-state index contributed by atoms with van der Waals surface area (Å²) in [5, 5.41) is 8.52. The first-order chi connectivity index (χ1) is 15.0. The molecule has 0 radical (unpaired) electrons. The smallest absolute Gasteiger partial charge is 0.325 e. The van der Waals surface area contributed by atoms with Crippen molar-refractivity contribution >= 4 is 5.69 Å². The van der Waals surface area contributed by atoms with Crippen LogP contribution < -0.4 is 16.1 Å². The van der Waals surface area contributed by atoms with E-state index in [4.69, 9.17) is 0 Å². The summed E-state index contributed by atoms with van der Waals surface area (Å²) in [6, 6.07) is 12.6. The minimum atomic E-state index is -0.532. The number of hydrogen-bond donors (Lipinski definition) is 2. The maximum absolute atomic E-state index is 12.2. The van der Waals surface area contributed by atoms with Crippen LogP contribution in [0.1, 0.15) is 30.5 Å². The molecule has 1 unspecified atom stereocenters. The largest absolute Gasteiger partial charge is 0.368 e. The van der Waals surface area contributed by atoms with Crippen LogP contribution in [-0.2, 0) is 6.54 Å². The number of rotatable bonds is 4. The molecule has 2 aliphatic heterocycles. The molecule has 2 fully saturated rings. The summed E-state index contributed by atoms with van der Waals surface area (Å²) in [5.41, 5.74) is 3.14. The number of hydrogen-bond acceptors (Lipinski definition) is 6. The lowest BCUT2D eigenvalue weighted by atomic mass is 9.94. The molecule has 0 aliphatic carbocycles. The summed E-state index contributed by atoms with van der Waals surface area (Å²) in [6.45, 7) is 5.92. The van der Waals surface area contributed by atoms with Crippen LogP contribution in [-0.4, -0.2) is 50.2 Å². The number of anilines is 1. The predicted octanol–water partition coefficient (Wildman–Crippen LogP) is 2.07. The van der Waals surface area contributed by atoms with Crippen LogP contribution >= 0.6 is 0 Å². The van der Waals surface area contributed by atoms with E-state index in [9.17, 15) is 9.59 Å². The Kier molecular flexibility index (Phi) is 4.94. The maximum atomic E-state index is 12.2. The van der Waals surface area contributed by atoms with Crippen LogP contribution in [0.25, 0.3) is 11.3 Å². The molecule has 0 bridgehead atoms. The Labute approximate surface area is 180 Å². The number of aryl methyl sites for hydroxylation is 1. The molecular weight excluding hydrogens is 392 g/mol. The van der Waals surface area contributed by atoms with Gasteiger partial charge in [-0.3, -0.25) is 14.7 Å². The van der Waals surface area contributed by atoms with Gasteiger partial charge in [-0.2, -0.15) is 5.10 Å². The molecule has 4 heterocycles. The topological polar surface area (TPSA) is 98.0 Å². The molecule has 2 aromatic heterocycles. The average Bonchev–Trinajstić information content (AvgIpc) is 3.37. The van der Waals surface area contributed by atoms with E-state index >= 15 is 0 Å². The first-order valence-corrected chi connectivity index (χ1v) is 10.7. The molecule has 0 saturated carbocycles. The second kappa shape index (κ2) is 7.77. The number of nitrogens with zero attached hydrogens (tertiary/aromatic N) is 4. The lowest BCUT2D eigenvalue weighted by Crippen LogP contribution is -2.45. The summed E-state index contributed by atoms with van der Waals surface area (Å²) >= 11 is 0. The molecule has 0 amide bonds. The highest BCUT2D eigenvalue weighted by Crippen LogP contribution is 2.40. The maximum Gasteiger partial charge on any atom is 0.325 e. The quantitative estimate of drug-likeness (QED) is 0.673. The van der Waals surface area contributed by atoms with Gasteiger partial charge < -0.3 is 9.88 Å². The van der Waals surface area contributed by atoms with Crippen LogP contribution in [0.5, 0.6) is 0 Å². The van der Waals surface area contributed by atoms with Crippen molar-refractivity contribution in [3.05, 3.63) is 74.7 Å². The Morgan fingerprint density at radius 3 is 2.74 bits per heavy atom. The highest BCUT2D eigenvalue weighted by molar-refractivity contribution is 5.64. The fourth-order valence-electron chi connectivity index (χ4n) is 5.06. The summed E-state index contributed by atoms with van der Waals surface area (Å²) in [7, 11) is 0. The van der Waals surface area contributed by atoms with Crippen molar-refractivity contribution < 1.29 is 0 Å². The fraction of sp³-hybridized carbons (Fsp3) is 0.391. The minimum absolute atomic E-state index is 0.168. The van der Waals surface area contributed by atoms with E-state index in [0.717, 1.165) is 44.0 Å². The Balaban J connectivity index is 1.41. The second-order valence-corrected chi connectivity index (χ2v) is 8.59. The summed E-state index contributed by atoms with van der Waals surface area (Å²) in [6.07, 6.45) is 4.91. The molecule has 160 valence electrons. The molecule has 3 aromatic rings. The first-order valence-electron chi connectivity index (χ1n) is 10.7. The van der Waals surface area contributed by atoms with Gasteiger partial charge in [0.05, 0.1) is 16.9 Å². The fourth-order valence-corrected chi connectivity index (χ4v) is 5.06. The zero-order chi connectivity index (χ0) is 21.4. The number of aromatic nitrogens is 4. The average molecular weight is 419 g/mol. The van der Waals surface area contributed by atoms with Gasteiger partial charge in [0.25, 0.3) is 5.56 Å². The Morgan fingerprint density at radius 1 is 1.10 bits per heavy atom. The van der Waals surface area contributed by atoms with E-state index in [1.54, 1.807) is 0 Å². The van der Waals surface area contributed by atoms with Crippen molar-refractivity contribution in [3.8, 4) is 11.3 Å². The van der Waals surface area contributed by atoms with Crippen molar-refractivity contribution in [2.24, 2.45) is 0 Å². The van der Waals surface area contributed by atoms with Gasteiger partial charge in [0.15, 0.2) is 0 Å². The third-order valence-corrected chi connectivity index (χ3v) is 6.68. The van der Waals surface area contributed by atoms with Gasteiger partial charge in [-0.15, -0.1) is 5.10 Å². The van der Waals surface area contributed by atoms with Crippen molar-refractivity contribution in [3.63, 3.8) is 0 Å². The van der Waals surface area contributed by atoms with Gasteiger partial charge in [0.1, 0.15) is 5.69 Å². The number of aromatic amines is 2. The first kappa shape index (κ1) is 19.7. The van der Waals surface area contributed by atoms with Crippen molar-refractivity contribution in [1.29, 1.82) is 0 Å². The standard InChI is InChI=1S/C23H26N6O2/c1-16-20(12-19(27-26-16)18-13-24-22(31)25-21(18)30)28-11-9-23(15-28)8-5-10-29(23)14-17-6-3-2-4-7-17/h2-4,6-7,12-13H,5,8-11,14-15H2,1H3,(H2,24,25,30,31). The Hall–Kier alpha value is -3.26. The molecule has 8 nitrogen and oxygen atoms in total. The molecule has 2 N–H and O–H groups in total. The van der Waals surface area contributed by atoms with Gasteiger partial charge in [-0.05, 0) is 44.4 Å². The Bertz CT molecular complexity index is 1200. The third kappa shape index (κ3) is 3.67. The predicted molar refractivity (Wildman–Crippen MR) is 119 cm³/mol. The van der Waals surface area contributed by atoms with Gasteiger partial charge in [-0.1, -0.05) is 30.3 Å². The lowest BCUT2D eigenvalue weighted by molar-refractivity contribution is 0.150. The second-order valence-electron chi connectivity index (χ2n) is 8.59. The monoisotopic (exact) mass is 418 g/mol. The minimum Gasteiger partial charge on any atom is -0.368 e. The molecule has 1 spiro atoms. The van der Waals surface area contributed by atoms with Gasteiger partial charge in [-0.25, -0.2) is 4.79 Å². The van der Waals surface area contributed by atoms with E-state index in [0.29, 0.717) is 11.3 Å². The van der Waals surface area contributed by atoms with Gasteiger partial charge >= 0.3 is 5.69 Å². The van der Waals surface area contributed by atoms with Crippen LogP contribution in [0.2, 0.25) is 0 Å². The highest BCUT2D eigenvalue weighted by atomic mass is 16.2. The van der Waals surface area contributed by atoms with Gasteiger partial charge in [0, 0.05) is 31.4 Å². The van der Waals surface area contributed by atoms with E-state index in [1.807, 2.05) is 13.0 Å². The molecule has 31 heavy (non-hydrogen) atoms. The van der Waals surface area contributed by atoms with E-state index in [2.05, 4.69) is 60.3 Å². The molecule has 5 rings (SSSR count). The molecule has 2 aliphatic rings. The SMILES string of the molecule is Cc1nnc(-c2c[nH]c(=O)[nH]c2=O)cc1N1CCC2(CCCN2Cc2ccccc2)C1. The number of likely N-dealkylation sites (tertiary alicyclic amines) is 1. The third-order valence-electron chi connectivity index (χ3n) is 6.68. The summed E-state index contributed by atoms with van der Waals surface area (Å²) in [5.74, 6) is 0. The number of nitrogens with one attached hydrogen (secondary N) is 2. The molecule has 2 saturated heterocycles. The summed E-state index contributed by atoms with van der Waals surface area (Å²) in [4.78, 5) is 33.3. The van der Waals surface area contributed by atoms with Crippen LogP contribution in [0.3, 0.4) is 0 Å². The number of H-pyrrole nitrogens is 2.